The lowest BCUT2D eigenvalue weighted by Gasteiger charge is -2.07. The van der Waals surface area contributed by atoms with Crippen molar-refractivity contribution in [2.75, 3.05) is 5.32 Å². The summed E-state index contributed by atoms with van der Waals surface area (Å²) in [5, 5.41) is 20.8. The van der Waals surface area contributed by atoms with Crippen LogP contribution in [0, 0.1) is 0 Å². The second-order valence-electron chi connectivity index (χ2n) is 3.80. The van der Waals surface area contributed by atoms with Gasteiger partial charge in [-0.1, -0.05) is 0 Å². The Bertz CT molecular complexity index is 604. The first-order chi connectivity index (χ1) is 9.08. The smallest absolute Gasteiger partial charge is 0.336 e. The second kappa shape index (κ2) is 5.26. The maximum Gasteiger partial charge on any atom is 0.336 e. The molecule has 0 saturated carbocycles. The van der Waals surface area contributed by atoms with E-state index in [0.29, 0.717) is 18.0 Å². The van der Waals surface area contributed by atoms with E-state index in [1.165, 1.54) is 24.5 Å². The normalized spacial score (nSPS) is 10.1. The van der Waals surface area contributed by atoms with E-state index >= 15 is 0 Å². The zero-order chi connectivity index (χ0) is 13.8. The molecule has 0 aliphatic rings. The summed E-state index contributed by atoms with van der Waals surface area (Å²) in [6, 6.07) is 7.58. The van der Waals surface area contributed by atoms with Crippen molar-refractivity contribution in [3.05, 3.63) is 53.5 Å². The number of nitrogens with one attached hydrogen (secondary N) is 1. The van der Waals surface area contributed by atoms with E-state index in [9.17, 15) is 9.59 Å². The maximum absolute atomic E-state index is 11.0. The van der Waals surface area contributed by atoms with Gasteiger partial charge in [0.1, 0.15) is 5.76 Å². The molecule has 0 unspecified atom stereocenters. The molecule has 0 spiro atoms. The van der Waals surface area contributed by atoms with Gasteiger partial charge in [-0.3, -0.25) is 0 Å². The molecule has 0 fully saturated rings. The van der Waals surface area contributed by atoms with Gasteiger partial charge in [-0.25, -0.2) is 9.59 Å². The molecular formula is C13H11NO5. The summed E-state index contributed by atoms with van der Waals surface area (Å²) in [6.07, 6.45) is 1.53. The maximum atomic E-state index is 11.0. The van der Waals surface area contributed by atoms with Crippen LogP contribution >= 0.6 is 0 Å². The monoisotopic (exact) mass is 261 g/mol. The number of hydrogen-bond donors (Lipinski definition) is 3. The molecule has 1 aromatic carbocycles. The van der Waals surface area contributed by atoms with E-state index in [0.717, 1.165) is 0 Å². The fraction of sp³-hybridized carbons (Fsp3) is 0.0769. The first-order valence-electron chi connectivity index (χ1n) is 5.45. The Morgan fingerprint density at radius 3 is 2.42 bits per heavy atom. The Morgan fingerprint density at radius 1 is 1.11 bits per heavy atom. The van der Waals surface area contributed by atoms with E-state index in [-0.39, 0.29) is 11.1 Å². The largest absolute Gasteiger partial charge is 0.478 e. The quantitative estimate of drug-likeness (QED) is 0.763. The van der Waals surface area contributed by atoms with Gasteiger partial charge in [-0.05, 0) is 30.3 Å². The molecule has 2 aromatic rings. The van der Waals surface area contributed by atoms with Crippen LogP contribution in [-0.2, 0) is 6.54 Å². The Labute approximate surface area is 108 Å². The molecule has 0 bridgehead atoms. The molecule has 0 aliphatic carbocycles. The lowest BCUT2D eigenvalue weighted by atomic mass is 10.1. The van der Waals surface area contributed by atoms with Crippen molar-refractivity contribution in [2.24, 2.45) is 0 Å². The van der Waals surface area contributed by atoms with Crippen molar-refractivity contribution in [1.29, 1.82) is 0 Å². The van der Waals surface area contributed by atoms with Gasteiger partial charge < -0.3 is 19.9 Å². The average molecular weight is 261 g/mol. The molecule has 0 saturated heterocycles. The third-order valence-corrected chi connectivity index (χ3v) is 2.53. The zero-order valence-electron chi connectivity index (χ0n) is 9.79. The highest BCUT2D eigenvalue weighted by Gasteiger charge is 2.16. The molecule has 1 heterocycles. The van der Waals surface area contributed by atoms with E-state index in [1.54, 1.807) is 12.1 Å². The third-order valence-electron chi connectivity index (χ3n) is 2.53. The standard InChI is InChI=1S/C13H11NO5/c15-12(16)10-4-3-8(6-11(10)13(17)18)14-7-9-2-1-5-19-9/h1-6,14H,7H2,(H,15,16)(H,17,18). The molecule has 0 amide bonds. The van der Waals surface area contributed by atoms with Crippen LogP contribution in [0.1, 0.15) is 26.5 Å². The van der Waals surface area contributed by atoms with Crippen LogP contribution in [0.3, 0.4) is 0 Å². The molecule has 19 heavy (non-hydrogen) atoms. The van der Waals surface area contributed by atoms with Crippen molar-refractivity contribution < 1.29 is 24.2 Å². The van der Waals surface area contributed by atoms with E-state index in [2.05, 4.69) is 5.32 Å². The van der Waals surface area contributed by atoms with Gasteiger partial charge in [0.2, 0.25) is 0 Å². The van der Waals surface area contributed by atoms with Crippen molar-refractivity contribution >= 4 is 17.6 Å². The van der Waals surface area contributed by atoms with Gasteiger partial charge in [-0.15, -0.1) is 0 Å². The van der Waals surface area contributed by atoms with Crippen LogP contribution < -0.4 is 5.32 Å². The summed E-state index contributed by atoms with van der Waals surface area (Å²) in [5.41, 5.74) is 0.0202. The van der Waals surface area contributed by atoms with Gasteiger partial charge in [-0.2, -0.15) is 0 Å². The van der Waals surface area contributed by atoms with Gasteiger partial charge in [0.05, 0.1) is 23.9 Å². The Hall–Kier alpha value is -2.76. The van der Waals surface area contributed by atoms with Crippen LogP contribution in [0.5, 0.6) is 0 Å². The number of anilines is 1. The highest BCUT2D eigenvalue weighted by molar-refractivity contribution is 6.02. The summed E-state index contributed by atoms with van der Waals surface area (Å²) in [7, 11) is 0. The first-order valence-corrected chi connectivity index (χ1v) is 5.45. The fourth-order valence-corrected chi connectivity index (χ4v) is 1.62. The first kappa shape index (κ1) is 12.7. The summed E-state index contributed by atoms with van der Waals surface area (Å²) in [6.45, 7) is 0.387. The van der Waals surface area contributed by atoms with E-state index in [4.69, 9.17) is 14.6 Å². The number of hydrogen-bond acceptors (Lipinski definition) is 4. The van der Waals surface area contributed by atoms with Crippen molar-refractivity contribution in [3.8, 4) is 0 Å². The summed E-state index contributed by atoms with van der Waals surface area (Å²) < 4.78 is 5.12. The minimum atomic E-state index is -1.28. The average Bonchev–Trinajstić information content (AvgIpc) is 2.88. The topological polar surface area (TPSA) is 99.8 Å². The van der Waals surface area contributed by atoms with Crippen molar-refractivity contribution in [2.45, 2.75) is 6.54 Å². The van der Waals surface area contributed by atoms with Gasteiger partial charge in [0, 0.05) is 5.69 Å². The SMILES string of the molecule is O=C(O)c1ccc(NCc2ccco2)cc1C(=O)O. The van der Waals surface area contributed by atoms with Crippen molar-refractivity contribution in [3.63, 3.8) is 0 Å². The Kier molecular flexibility index (Phi) is 3.51. The van der Waals surface area contributed by atoms with Gasteiger partial charge in [0.25, 0.3) is 0 Å². The van der Waals surface area contributed by atoms with Crippen molar-refractivity contribution in [1.82, 2.24) is 0 Å². The molecule has 2 rings (SSSR count). The number of carboxylic acid groups (broad SMARTS) is 2. The van der Waals surface area contributed by atoms with Crippen LogP contribution in [0.15, 0.2) is 41.0 Å². The van der Waals surface area contributed by atoms with Crippen LogP contribution in [0.25, 0.3) is 0 Å². The van der Waals surface area contributed by atoms with E-state index < -0.39 is 11.9 Å². The number of furan rings is 1. The van der Waals surface area contributed by atoms with Gasteiger partial charge >= 0.3 is 11.9 Å². The highest BCUT2D eigenvalue weighted by atomic mass is 16.4. The summed E-state index contributed by atoms with van der Waals surface area (Å²) in [4.78, 5) is 21.9. The molecule has 3 N–H and O–H groups in total. The Morgan fingerprint density at radius 2 is 1.84 bits per heavy atom. The van der Waals surface area contributed by atoms with Gasteiger partial charge in [0.15, 0.2) is 0 Å². The van der Waals surface area contributed by atoms with Crippen LogP contribution in [0.4, 0.5) is 5.69 Å². The fourth-order valence-electron chi connectivity index (χ4n) is 1.62. The molecule has 0 aliphatic heterocycles. The number of carbonyl (C=O) groups is 2. The molecule has 6 nitrogen and oxygen atoms in total. The molecule has 6 heteroatoms. The molecule has 0 radical (unpaired) electrons. The van der Waals surface area contributed by atoms with Crippen LogP contribution in [0.2, 0.25) is 0 Å². The zero-order valence-corrected chi connectivity index (χ0v) is 9.79. The minimum absolute atomic E-state index is 0.240. The lowest BCUT2D eigenvalue weighted by molar-refractivity contribution is 0.0651. The summed E-state index contributed by atoms with van der Waals surface area (Å²) >= 11 is 0. The van der Waals surface area contributed by atoms with E-state index in [1.807, 2.05) is 0 Å². The Balaban J connectivity index is 2.20. The number of aromatic carboxylic acids is 2. The molecule has 0 atom stereocenters. The van der Waals surface area contributed by atoms with Crippen LogP contribution in [-0.4, -0.2) is 22.2 Å². The number of carboxylic acids is 2. The second-order valence-corrected chi connectivity index (χ2v) is 3.80. The molecular weight excluding hydrogens is 250 g/mol. The minimum Gasteiger partial charge on any atom is -0.478 e. The predicted molar refractivity (Wildman–Crippen MR) is 66.4 cm³/mol. The molecule has 98 valence electrons. The predicted octanol–water partition coefficient (Wildman–Crippen LogP) is 2.29. The number of benzene rings is 1. The highest BCUT2D eigenvalue weighted by Crippen LogP contribution is 2.17. The molecule has 1 aromatic heterocycles. The third kappa shape index (κ3) is 2.92. The number of rotatable bonds is 5. The summed E-state index contributed by atoms with van der Waals surface area (Å²) in [5.74, 6) is -1.85. The lowest BCUT2D eigenvalue weighted by Crippen LogP contribution is -2.09.